The molecule has 0 aliphatic carbocycles. The van der Waals surface area contributed by atoms with Gasteiger partial charge in [0.1, 0.15) is 5.82 Å². The number of aryl methyl sites for hydroxylation is 2. The first-order chi connectivity index (χ1) is 16.2. The van der Waals surface area contributed by atoms with Crippen molar-refractivity contribution in [2.75, 3.05) is 0 Å². The monoisotopic (exact) mass is 433 g/mol. The zero-order valence-electron chi connectivity index (χ0n) is 17.9. The second kappa shape index (κ2) is 8.61. The normalized spacial score (nSPS) is 11.0. The summed E-state index contributed by atoms with van der Waals surface area (Å²) in [6, 6.07) is 18.7. The Morgan fingerprint density at radius 2 is 1.88 bits per heavy atom. The Balaban J connectivity index is 1.55. The van der Waals surface area contributed by atoms with E-state index in [0.717, 1.165) is 53.7 Å². The van der Waals surface area contributed by atoms with Crippen LogP contribution in [0.25, 0.3) is 32.3 Å². The molecule has 5 rings (SSSR count). The molecule has 0 N–H and O–H groups in total. The topological polar surface area (TPSA) is 50.9 Å². The number of aromatic nitrogens is 3. The molecule has 5 nitrogen and oxygen atoms in total. The first-order valence-electron chi connectivity index (χ1n) is 10.8. The average molecular weight is 433 g/mol. The molecule has 0 bridgehead atoms. The molecule has 33 heavy (non-hydrogen) atoms. The number of benzene rings is 3. The van der Waals surface area contributed by atoms with Crippen LogP contribution in [-0.2, 0) is 13.0 Å². The molecule has 0 unspecified atom stereocenters. The Morgan fingerprint density at radius 3 is 2.67 bits per heavy atom. The van der Waals surface area contributed by atoms with Crippen LogP contribution in [0.2, 0.25) is 0 Å². The van der Waals surface area contributed by atoms with Crippen molar-refractivity contribution in [3.8, 4) is 11.8 Å². The number of hydrogen-bond acceptors (Lipinski definition) is 2. The van der Waals surface area contributed by atoms with Crippen molar-refractivity contribution in [1.82, 2.24) is 14.1 Å². The van der Waals surface area contributed by atoms with Crippen molar-refractivity contribution in [1.29, 1.82) is 5.26 Å². The quantitative estimate of drug-likeness (QED) is 0.225. The zero-order valence-corrected chi connectivity index (χ0v) is 17.9. The van der Waals surface area contributed by atoms with Crippen molar-refractivity contribution in [2.45, 2.75) is 25.8 Å². The Labute approximate surface area is 190 Å². The summed E-state index contributed by atoms with van der Waals surface area (Å²) in [5.41, 5.74) is 3.44. The highest BCUT2D eigenvalue weighted by molar-refractivity contribution is 6.09. The van der Waals surface area contributed by atoms with E-state index < -0.39 is 5.82 Å². The lowest BCUT2D eigenvalue weighted by Crippen LogP contribution is -1.99. The van der Waals surface area contributed by atoms with E-state index in [-0.39, 0.29) is 16.9 Å². The van der Waals surface area contributed by atoms with Crippen molar-refractivity contribution in [3.05, 3.63) is 102 Å². The molecule has 0 spiro atoms. The molecular formula is C27H20FN5. The molecule has 5 aromatic rings. The minimum atomic E-state index is -0.523. The van der Waals surface area contributed by atoms with E-state index in [1.165, 1.54) is 11.6 Å². The molecule has 0 aliphatic rings. The number of para-hydroxylation sites is 1. The number of nitriles is 1. The minimum absolute atomic E-state index is 0.0463. The van der Waals surface area contributed by atoms with Crippen molar-refractivity contribution >= 4 is 27.5 Å². The van der Waals surface area contributed by atoms with Gasteiger partial charge in [0.25, 0.3) is 0 Å². The second-order valence-corrected chi connectivity index (χ2v) is 8.01. The molecular weight excluding hydrogens is 413 g/mol. The standard InChI is InChI=1S/C27H20FN5/c1-30-24-16-27(23(28)15-20(24)17-29)33-25-8-3-2-7-21(25)22-14-19(9-10-26(22)33)6-4-5-12-32-13-11-31-18-32/h2-3,7-11,13-16,18H,4-6,12H2. The summed E-state index contributed by atoms with van der Waals surface area (Å²) in [6.45, 7) is 8.35. The maximum Gasteiger partial charge on any atom is 0.206 e. The molecule has 0 aliphatic heterocycles. The molecule has 2 aromatic heterocycles. The van der Waals surface area contributed by atoms with Crippen LogP contribution in [0.5, 0.6) is 0 Å². The maximum absolute atomic E-state index is 15.1. The average Bonchev–Trinajstić information content (AvgIpc) is 3.48. The summed E-state index contributed by atoms with van der Waals surface area (Å²) in [5, 5.41) is 11.3. The van der Waals surface area contributed by atoms with E-state index in [2.05, 4.69) is 26.5 Å². The van der Waals surface area contributed by atoms with E-state index in [0.29, 0.717) is 0 Å². The van der Waals surface area contributed by atoms with E-state index in [1.54, 1.807) is 6.20 Å². The number of hydrogen-bond donors (Lipinski definition) is 0. The summed E-state index contributed by atoms with van der Waals surface area (Å²) in [4.78, 5) is 7.51. The number of halogens is 1. The SMILES string of the molecule is [C-]#[N+]c1cc(-n2c3ccccc3c3cc(CCCCn4ccnc4)ccc32)c(F)cc1C#N. The lowest BCUT2D eigenvalue weighted by molar-refractivity contribution is 0.609. The Morgan fingerprint density at radius 1 is 1.03 bits per heavy atom. The summed E-state index contributed by atoms with van der Waals surface area (Å²) >= 11 is 0. The fourth-order valence-corrected chi connectivity index (χ4v) is 4.38. The smallest absolute Gasteiger partial charge is 0.206 e. The fraction of sp³-hybridized carbons (Fsp3) is 0.148. The van der Waals surface area contributed by atoms with Crippen molar-refractivity contribution in [3.63, 3.8) is 0 Å². The molecule has 0 saturated heterocycles. The van der Waals surface area contributed by atoms with Gasteiger partial charge in [-0.25, -0.2) is 14.2 Å². The van der Waals surface area contributed by atoms with Gasteiger partial charge in [-0.2, -0.15) is 5.26 Å². The molecule has 2 heterocycles. The zero-order chi connectivity index (χ0) is 22.8. The van der Waals surface area contributed by atoms with Gasteiger partial charge in [0.2, 0.25) is 5.69 Å². The highest BCUT2D eigenvalue weighted by atomic mass is 19.1. The summed E-state index contributed by atoms with van der Waals surface area (Å²) in [5.74, 6) is -0.523. The Bertz CT molecular complexity index is 1550. The van der Waals surface area contributed by atoms with Crippen LogP contribution in [0.3, 0.4) is 0 Å². The van der Waals surface area contributed by atoms with Gasteiger partial charge in [0.15, 0.2) is 0 Å². The predicted molar refractivity (Wildman–Crippen MR) is 127 cm³/mol. The number of fused-ring (bicyclic) bond motifs is 3. The number of rotatable bonds is 6. The first kappa shape index (κ1) is 20.5. The number of unbranched alkanes of at least 4 members (excludes halogenated alkanes) is 1. The van der Waals surface area contributed by atoms with E-state index in [4.69, 9.17) is 6.57 Å². The maximum atomic E-state index is 15.1. The third kappa shape index (κ3) is 3.73. The van der Waals surface area contributed by atoms with Crippen LogP contribution in [0.15, 0.2) is 73.3 Å². The van der Waals surface area contributed by atoms with Gasteiger partial charge in [-0.1, -0.05) is 24.3 Å². The molecule has 0 fully saturated rings. The highest BCUT2D eigenvalue weighted by Crippen LogP contribution is 2.35. The van der Waals surface area contributed by atoms with Crippen molar-refractivity contribution in [2.24, 2.45) is 0 Å². The molecule has 0 amide bonds. The second-order valence-electron chi connectivity index (χ2n) is 8.01. The van der Waals surface area contributed by atoms with Crippen LogP contribution in [0.4, 0.5) is 10.1 Å². The van der Waals surface area contributed by atoms with Crippen molar-refractivity contribution < 1.29 is 4.39 Å². The number of imidazole rings is 1. The van der Waals surface area contributed by atoms with Crippen LogP contribution in [-0.4, -0.2) is 14.1 Å². The Hall–Kier alpha value is -4.42. The largest absolute Gasteiger partial charge is 0.337 e. The van der Waals surface area contributed by atoms with E-state index in [9.17, 15) is 5.26 Å². The van der Waals surface area contributed by atoms with Crippen LogP contribution in [0, 0.1) is 23.7 Å². The van der Waals surface area contributed by atoms with Gasteiger partial charge in [-0.15, -0.1) is 0 Å². The Kier molecular flexibility index (Phi) is 5.34. The molecule has 0 atom stereocenters. The van der Waals surface area contributed by atoms with Gasteiger partial charge >= 0.3 is 0 Å². The summed E-state index contributed by atoms with van der Waals surface area (Å²) in [7, 11) is 0. The van der Waals surface area contributed by atoms with E-state index in [1.807, 2.05) is 53.5 Å². The van der Waals surface area contributed by atoms with Gasteiger partial charge in [0, 0.05) is 29.7 Å². The number of nitrogens with zero attached hydrogens (tertiary/aromatic N) is 5. The van der Waals surface area contributed by atoms with Gasteiger partial charge in [0.05, 0.1) is 41.3 Å². The van der Waals surface area contributed by atoms with Crippen LogP contribution < -0.4 is 0 Å². The highest BCUT2D eigenvalue weighted by Gasteiger charge is 2.17. The first-order valence-corrected chi connectivity index (χ1v) is 10.8. The lowest BCUT2D eigenvalue weighted by atomic mass is 10.0. The molecule has 3 aromatic carbocycles. The van der Waals surface area contributed by atoms with E-state index >= 15 is 4.39 Å². The molecule has 0 saturated carbocycles. The van der Waals surface area contributed by atoms with Crippen LogP contribution in [0.1, 0.15) is 24.0 Å². The van der Waals surface area contributed by atoms with Gasteiger partial charge < -0.3 is 9.13 Å². The molecule has 6 heteroatoms. The van der Waals surface area contributed by atoms with Gasteiger partial charge in [-0.3, -0.25) is 0 Å². The molecule has 160 valence electrons. The third-order valence-corrected chi connectivity index (χ3v) is 5.97. The molecule has 0 radical (unpaired) electrons. The third-order valence-electron chi connectivity index (χ3n) is 5.97. The lowest BCUT2D eigenvalue weighted by Gasteiger charge is -2.11. The summed E-state index contributed by atoms with van der Waals surface area (Å²) < 4.78 is 19.0. The van der Waals surface area contributed by atoms with Gasteiger partial charge in [-0.05, 0) is 55.2 Å². The minimum Gasteiger partial charge on any atom is -0.337 e. The van der Waals surface area contributed by atoms with Crippen LogP contribution >= 0.6 is 0 Å². The summed E-state index contributed by atoms with van der Waals surface area (Å²) in [6.07, 6.45) is 8.68. The fourth-order valence-electron chi connectivity index (χ4n) is 4.38. The predicted octanol–water partition coefficient (Wildman–Crippen LogP) is 6.56.